The lowest BCUT2D eigenvalue weighted by atomic mass is 10.1. The van der Waals surface area contributed by atoms with Crippen LogP contribution in [-0.4, -0.2) is 31.4 Å². The van der Waals surface area contributed by atoms with Crippen molar-refractivity contribution in [2.75, 3.05) is 30.4 Å². The van der Waals surface area contributed by atoms with Crippen LogP contribution in [0.5, 0.6) is 5.75 Å². The fourth-order valence-electron chi connectivity index (χ4n) is 3.27. The van der Waals surface area contributed by atoms with Gasteiger partial charge in [-0.25, -0.2) is 0 Å². The molecule has 1 aliphatic rings. The molecule has 0 spiro atoms. The number of hydrogen-bond donors (Lipinski definition) is 2. The molecule has 2 aromatic carbocycles. The Morgan fingerprint density at radius 1 is 1.20 bits per heavy atom. The predicted molar refractivity (Wildman–Crippen MR) is 109 cm³/mol. The van der Waals surface area contributed by atoms with Gasteiger partial charge in [-0.15, -0.1) is 0 Å². The molecule has 5 heteroatoms. The Labute approximate surface area is 155 Å². The maximum absolute atomic E-state index is 5.36. The Hall–Kier alpha value is -2.27. The molecule has 0 saturated carbocycles. The molecule has 2 N–H and O–H groups in total. The molecule has 1 heterocycles. The summed E-state index contributed by atoms with van der Waals surface area (Å²) >= 11 is 5.36. The molecule has 0 bridgehead atoms. The van der Waals surface area contributed by atoms with E-state index in [1.165, 1.54) is 11.3 Å². The van der Waals surface area contributed by atoms with Crippen molar-refractivity contribution in [2.24, 2.45) is 0 Å². The highest BCUT2D eigenvalue weighted by molar-refractivity contribution is 7.80. The molecule has 0 unspecified atom stereocenters. The molecule has 0 amide bonds. The number of methoxy groups -OCH3 is 1. The van der Waals surface area contributed by atoms with E-state index >= 15 is 0 Å². The first-order valence-corrected chi connectivity index (χ1v) is 9.11. The van der Waals surface area contributed by atoms with Gasteiger partial charge in [0.1, 0.15) is 5.75 Å². The maximum atomic E-state index is 5.36. The van der Waals surface area contributed by atoms with Crippen molar-refractivity contribution in [3.8, 4) is 5.75 Å². The average Bonchev–Trinajstić information content (AvgIpc) is 2.95. The zero-order chi connectivity index (χ0) is 17.6. The van der Waals surface area contributed by atoms with Gasteiger partial charge in [-0.05, 0) is 67.9 Å². The number of benzene rings is 2. The van der Waals surface area contributed by atoms with Gasteiger partial charge in [0.25, 0.3) is 0 Å². The zero-order valence-electron chi connectivity index (χ0n) is 14.8. The number of nitrogens with zero attached hydrogens (tertiary/aromatic N) is 1. The summed E-state index contributed by atoms with van der Waals surface area (Å²) in [6.07, 6.45) is 2.18. The fourth-order valence-corrected chi connectivity index (χ4v) is 3.49. The van der Waals surface area contributed by atoms with Gasteiger partial charge in [-0.1, -0.05) is 18.2 Å². The average molecular weight is 356 g/mol. The van der Waals surface area contributed by atoms with Crippen LogP contribution >= 0.6 is 12.2 Å². The van der Waals surface area contributed by atoms with Gasteiger partial charge < -0.3 is 20.3 Å². The second kappa shape index (κ2) is 8.21. The first kappa shape index (κ1) is 17.5. The van der Waals surface area contributed by atoms with Crippen LogP contribution in [-0.2, 0) is 6.42 Å². The third-order valence-corrected chi connectivity index (χ3v) is 4.80. The van der Waals surface area contributed by atoms with Crippen molar-refractivity contribution < 1.29 is 4.74 Å². The minimum absolute atomic E-state index is 0.571. The number of para-hydroxylation sites is 1. The van der Waals surface area contributed by atoms with Gasteiger partial charge in [0.2, 0.25) is 0 Å². The molecule has 132 valence electrons. The fraction of sp³-hybridized carbons (Fsp3) is 0.350. The summed E-state index contributed by atoms with van der Waals surface area (Å²) in [5.41, 5.74) is 3.80. The van der Waals surface area contributed by atoms with Gasteiger partial charge in [0.05, 0.1) is 7.11 Å². The number of anilines is 2. The number of hydrogen-bond acceptors (Lipinski definition) is 3. The summed E-state index contributed by atoms with van der Waals surface area (Å²) in [7, 11) is 1.66. The number of nitrogens with one attached hydrogen (secondary N) is 2. The van der Waals surface area contributed by atoms with Crippen molar-refractivity contribution in [3.63, 3.8) is 0 Å². The van der Waals surface area contributed by atoms with Crippen LogP contribution in [0.1, 0.15) is 18.9 Å². The monoisotopic (exact) mass is 355 g/mol. The van der Waals surface area contributed by atoms with Crippen LogP contribution in [0.2, 0.25) is 0 Å². The van der Waals surface area contributed by atoms with Crippen molar-refractivity contribution >= 4 is 28.7 Å². The Morgan fingerprint density at radius 3 is 2.72 bits per heavy atom. The normalized spacial score (nSPS) is 15.6. The molecule has 0 aliphatic carbocycles. The second-order valence-corrected chi connectivity index (χ2v) is 6.75. The molecule has 1 aliphatic heterocycles. The van der Waals surface area contributed by atoms with E-state index in [9.17, 15) is 0 Å². The van der Waals surface area contributed by atoms with E-state index in [-0.39, 0.29) is 0 Å². The summed E-state index contributed by atoms with van der Waals surface area (Å²) in [4.78, 5) is 2.50. The van der Waals surface area contributed by atoms with Gasteiger partial charge in [-0.2, -0.15) is 0 Å². The van der Waals surface area contributed by atoms with Crippen molar-refractivity contribution in [1.82, 2.24) is 5.32 Å². The van der Waals surface area contributed by atoms with E-state index in [0.717, 1.165) is 37.4 Å². The molecule has 0 fully saturated rings. The highest BCUT2D eigenvalue weighted by atomic mass is 32.1. The van der Waals surface area contributed by atoms with Crippen LogP contribution in [0.4, 0.5) is 11.4 Å². The van der Waals surface area contributed by atoms with Crippen LogP contribution in [0.3, 0.4) is 0 Å². The van der Waals surface area contributed by atoms with Crippen LogP contribution < -0.4 is 20.3 Å². The molecule has 0 aromatic heterocycles. The van der Waals surface area contributed by atoms with E-state index in [0.29, 0.717) is 11.2 Å². The first-order chi connectivity index (χ1) is 12.2. The lowest BCUT2D eigenvalue weighted by Crippen LogP contribution is -2.34. The van der Waals surface area contributed by atoms with E-state index in [4.69, 9.17) is 17.0 Å². The molecular weight excluding hydrogens is 330 g/mol. The smallest absolute Gasteiger partial charge is 0.170 e. The lowest BCUT2D eigenvalue weighted by molar-refractivity contribution is 0.415. The molecular formula is C20H25N3OS. The molecule has 0 radical (unpaired) electrons. The highest BCUT2D eigenvalue weighted by Gasteiger charge is 2.24. The molecule has 1 atom stereocenters. The Kier molecular flexibility index (Phi) is 5.76. The van der Waals surface area contributed by atoms with Crippen LogP contribution in [0, 0.1) is 0 Å². The van der Waals surface area contributed by atoms with Gasteiger partial charge in [-0.3, -0.25) is 0 Å². The van der Waals surface area contributed by atoms with E-state index in [2.05, 4.69) is 46.7 Å². The van der Waals surface area contributed by atoms with Gasteiger partial charge in [0, 0.05) is 30.5 Å². The van der Waals surface area contributed by atoms with Crippen LogP contribution in [0.25, 0.3) is 0 Å². The van der Waals surface area contributed by atoms with Crippen LogP contribution in [0.15, 0.2) is 48.5 Å². The number of thiocarbonyl (C=S) groups is 1. The molecule has 4 nitrogen and oxygen atoms in total. The largest absolute Gasteiger partial charge is 0.497 e. The lowest BCUT2D eigenvalue weighted by Gasteiger charge is -2.25. The molecule has 3 rings (SSSR count). The van der Waals surface area contributed by atoms with E-state index in [1.54, 1.807) is 7.11 Å². The minimum Gasteiger partial charge on any atom is -0.497 e. The van der Waals surface area contributed by atoms with E-state index < -0.39 is 0 Å². The summed E-state index contributed by atoms with van der Waals surface area (Å²) < 4.78 is 5.16. The SMILES string of the molecule is COc1ccc(NC(=S)NCCCN2c3ccccc3C[C@H]2C)cc1. The molecule has 25 heavy (non-hydrogen) atoms. The third kappa shape index (κ3) is 4.42. The van der Waals surface area contributed by atoms with Crippen molar-refractivity contribution in [1.29, 1.82) is 0 Å². The molecule has 0 saturated heterocycles. The van der Waals surface area contributed by atoms with Gasteiger partial charge in [0.15, 0.2) is 5.11 Å². The number of rotatable bonds is 6. The second-order valence-electron chi connectivity index (χ2n) is 6.34. The highest BCUT2D eigenvalue weighted by Crippen LogP contribution is 2.31. The summed E-state index contributed by atoms with van der Waals surface area (Å²) in [5.74, 6) is 0.837. The Morgan fingerprint density at radius 2 is 1.96 bits per heavy atom. The topological polar surface area (TPSA) is 36.5 Å². The Bertz CT molecular complexity index is 717. The minimum atomic E-state index is 0.571. The predicted octanol–water partition coefficient (Wildman–Crippen LogP) is 3.82. The molecule has 2 aromatic rings. The Balaban J connectivity index is 1.41. The van der Waals surface area contributed by atoms with Crippen molar-refractivity contribution in [2.45, 2.75) is 25.8 Å². The summed E-state index contributed by atoms with van der Waals surface area (Å²) in [5, 5.41) is 7.13. The number of fused-ring (bicyclic) bond motifs is 1. The summed E-state index contributed by atoms with van der Waals surface area (Å²) in [6.45, 7) is 4.19. The zero-order valence-corrected chi connectivity index (χ0v) is 15.6. The standard InChI is InChI=1S/C20H25N3OS/c1-15-14-16-6-3-4-7-19(16)23(15)13-5-12-21-20(25)22-17-8-10-18(24-2)11-9-17/h3-4,6-11,15H,5,12-14H2,1-2H3,(H2,21,22,25)/t15-/m1/s1. The van der Waals surface area contributed by atoms with Crippen molar-refractivity contribution in [3.05, 3.63) is 54.1 Å². The summed E-state index contributed by atoms with van der Waals surface area (Å²) in [6, 6.07) is 17.0. The quantitative estimate of drug-likeness (QED) is 0.608. The maximum Gasteiger partial charge on any atom is 0.170 e. The van der Waals surface area contributed by atoms with Gasteiger partial charge >= 0.3 is 0 Å². The first-order valence-electron chi connectivity index (χ1n) is 8.71. The third-order valence-electron chi connectivity index (χ3n) is 4.56. The van der Waals surface area contributed by atoms with E-state index in [1.807, 2.05) is 24.3 Å². The number of ether oxygens (including phenoxy) is 1.